The average Bonchev–Trinajstić information content (AvgIpc) is 3.02. The minimum Gasteiger partial charge on any atom is -0.481 e. The van der Waals surface area contributed by atoms with E-state index in [4.69, 9.17) is 10.8 Å². The third kappa shape index (κ3) is 4.73. The zero-order valence-corrected chi connectivity index (χ0v) is 10.4. The lowest BCUT2D eigenvalue weighted by Gasteiger charge is -2.15. The van der Waals surface area contributed by atoms with Crippen LogP contribution < -0.4 is 11.1 Å². The van der Waals surface area contributed by atoms with Gasteiger partial charge >= 0.3 is 5.97 Å². The van der Waals surface area contributed by atoms with Crippen molar-refractivity contribution in [3.63, 3.8) is 0 Å². The summed E-state index contributed by atoms with van der Waals surface area (Å²) < 4.78 is 0. The van der Waals surface area contributed by atoms with Crippen LogP contribution in [0.2, 0.25) is 0 Å². The van der Waals surface area contributed by atoms with E-state index in [0.717, 1.165) is 25.7 Å². The number of nitrogens with two attached hydrogens (primary N) is 1. The number of carbonyl (C=O) groups excluding carboxylic acids is 1. The number of aliphatic carboxylic acids is 1. The van der Waals surface area contributed by atoms with Crippen molar-refractivity contribution in [1.29, 1.82) is 0 Å². The number of carboxylic acids is 1. The second-order valence-electron chi connectivity index (χ2n) is 4.91. The Morgan fingerprint density at radius 2 is 2.06 bits per heavy atom. The van der Waals surface area contributed by atoms with Crippen molar-refractivity contribution < 1.29 is 14.7 Å². The van der Waals surface area contributed by atoms with Gasteiger partial charge in [0.15, 0.2) is 0 Å². The molecule has 0 saturated heterocycles. The highest BCUT2D eigenvalue weighted by atomic mass is 16.4. The second-order valence-corrected chi connectivity index (χ2v) is 4.91. The number of amides is 1. The SMILES string of the molecule is CCC(CCNC(=O)C1(N)CC1)CCC(=O)O. The summed E-state index contributed by atoms with van der Waals surface area (Å²) in [5.41, 5.74) is 5.14. The van der Waals surface area contributed by atoms with E-state index in [-0.39, 0.29) is 12.3 Å². The highest BCUT2D eigenvalue weighted by Gasteiger charge is 2.45. The first kappa shape index (κ1) is 14.0. The highest BCUT2D eigenvalue weighted by Crippen LogP contribution is 2.32. The zero-order valence-electron chi connectivity index (χ0n) is 10.4. The molecular formula is C12H22N2O3. The number of rotatable bonds is 8. The van der Waals surface area contributed by atoms with Crippen LogP contribution in [0.25, 0.3) is 0 Å². The van der Waals surface area contributed by atoms with Crippen LogP contribution in [0.5, 0.6) is 0 Å². The number of hydrogen-bond donors (Lipinski definition) is 3. The topological polar surface area (TPSA) is 92.4 Å². The third-order valence-corrected chi connectivity index (χ3v) is 3.42. The van der Waals surface area contributed by atoms with E-state index in [1.54, 1.807) is 0 Å². The molecule has 1 fully saturated rings. The van der Waals surface area contributed by atoms with Crippen LogP contribution in [-0.2, 0) is 9.59 Å². The van der Waals surface area contributed by atoms with Gasteiger partial charge in [-0.25, -0.2) is 0 Å². The molecule has 1 saturated carbocycles. The molecule has 0 aromatic rings. The Morgan fingerprint density at radius 1 is 1.41 bits per heavy atom. The molecule has 1 rings (SSSR count). The van der Waals surface area contributed by atoms with Gasteiger partial charge < -0.3 is 16.2 Å². The molecule has 0 aromatic heterocycles. The minimum absolute atomic E-state index is 0.0643. The maximum Gasteiger partial charge on any atom is 0.303 e. The van der Waals surface area contributed by atoms with Crippen LogP contribution in [0, 0.1) is 5.92 Å². The van der Waals surface area contributed by atoms with E-state index in [0.29, 0.717) is 18.9 Å². The quantitative estimate of drug-likeness (QED) is 0.589. The molecule has 1 unspecified atom stereocenters. The lowest BCUT2D eigenvalue weighted by atomic mass is 9.96. The Morgan fingerprint density at radius 3 is 2.53 bits per heavy atom. The van der Waals surface area contributed by atoms with Crippen molar-refractivity contribution >= 4 is 11.9 Å². The van der Waals surface area contributed by atoms with Gasteiger partial charge in [-0.05, 0) is 31.6 Å². The first-order valence-corrected chi connectivity index (χ1v) is 6.27. The second kappa shape index (κ2) is 6.00. The van der Waals surface area contributed by atoms with Crippen molar-refractivity contribution in [2.75, 3.05) is 6.54 Å². The van der Waals surface area contributed by atoms with E-state index >= 15 is 0 Å². The summed E-state index contributed by atoms with van der Waals surface area (Å²) in [6.07, 6.45) is 4.19. The van der Waals surface area contributed by atoms with Crippen LogP contribution in [-0.4, -0.2) is 29.1 Å². The smallest absolute Gasteiger partial charge is 0.303 e. The van der Waals surface area contributed by atoms with Gasteiger partial charge in [0, 0.05) is 13.0 Å². The first-order chi connectivity index (χ1) is 7.98. The highest BCUT2D eigenvalue weighted by molar-refractivity contribution is 5.88. The Kier molecular flexibility index (Phi) is 4.93. The standard InChI is InChI=1S/C12H22N2O3/c1-2-9(3-4-10(15)16)5-8-14-11(17)12(13)6-7-12/h9H,2-8,13H2,1H3,(H,14,17)(H,15,16). The average molecular weight is 242 g/mol. The molecule has 0 aromatic carbocycles. The van der Waals surface area contributed by atoms with Crippen molar-refractivity contribution in [2.45, 2.75) is 51.0 Å². The van der Waals surface area contributed by atoms with Gasteiger partial charge in [0.05, 0.1) is 5.54 Å². The molecule has 1 aliphatic carbocycles. The van der Waals surface area contributed by atoms with Gasteiger partial charge in [-0.1, -0.05) is 13.3 Å². The predicted octanol–water partition coefficient (Wildman–Crippen LogP) is 0.875. The largest absolute Gasteiger partial charge is 0.481 e. The molecule has 1 amide bonds. The van der Waals surface area contributed by atoms with Gasteiger partial charge in [0.1, 0.15) is 0 Å². The summed E-state index contributed by atoms with van der Waals surface area (Å²) in [7, 11) is 0. The van der Waals surface area contributed by atoms with Crippen LogP contribution >= 0.6 is 0 Å². The summed E-state index contributed by atoms with van der Waals surface area (Å²) in [5.74, 6) is -0.462. The molecule has 0 bridgehead atoms. The van der Waals surface area contributed by atoms with Gasteiger partial charge in [-0.2, -0.15) is 0 Å². The van der Waals surface area contributed by atoms with Crippen molar-refractivity contribution in [1.82, 2.24) is 5.32 Å². The number of hydrogen-bond acceptors (Lipinski definition) is 3. The summed E-state index contributed by atoms with van der Waals surface area (Å²) >= 11 is 0. The van der Waals surface area contributed by atoms with Crippen LogP contribution in [0.3, 0.4) is 0 Å². The Labute approximate surface area is 102 Å². The molecule has 4 N–H and O–H groups in total. The molecule has 5 heteroatoms. The van der Waals surface area contributed by atoms with Gasteiger partial charge in [-0.15, -0.1) is 0 Å². The molecule has 98 valence electrons. The lowest BCUT2D eigenvalue weighted by molar-refractivity contribution is -0.137. The van der Waals surface area contributed by atoms with Crippen LogP contribution in [0.1, 0.15) is 45.4 Å². The molecule has 17 heavy (non-hydrogen) atoms. The summed E-state index contributed by atoms with van der Waals surface area (Å²) in [4.78, 5) is 22.0. The van der Waals surface area contributed by atoms with Gasteiger partial charge in [-0.3, -0.25) is 9.59 Å². The van der Waals surface area contributed by atoms with E-state index in [1.165, 1.54) is 0 Å². The lowest BCUT2D eigenvalue weighted by Crippen LogP contribution is -2.43. The number of carboxylic acid groups (broad SMARTS) is 1. The van der Waals surface area contributed by atoms with Crippen molar-refractivity contribution in [3.05, 3.63) is 0 Å². The fourth-order valence-electron chi connectivity index (χ4n) is 1.81. The first-order valence-electron chi connectivity index (χ1n) is 6.27. The minimum atomic E-state index is -0.758. The summed E-state index contributed by atoms with van der Waals surface area (Å²) in [6.45, 7) is 2.63. The van der Waals surface area contributed by atoms with Crippen molar-refractivity contribution in [3.8, 4) is 0 Å². The molecule has 0 radical (unpaired) electrons. The Hall–Kier alpha value is -1.10. The molecule has 1 aliphatic rings. The molecule has 5 nitrogen and oxygen atoms in total. The number of carbonyl (C=O) groups is 2. The van der Waals surface area contributed by atoms with E-state index in [1.807, 2.05) is 6.92 Å². The fourth-order valence-corrected chi connectivity index (χ4v) is 1.81. The molecule has 1 atom stereocenters. The monoisotopic (exact) mass is 242 g/mol. The Balaban J connectivity index is 2.14. The third-order valence-electron chi connectivity index (χ3n) is 3.42. The maximum atomic E-state index is 11.5. The predicted molar refractivity (Wildman–Crippen MR) is 64.4 cm³/mol. The van der Waals surface area contributed by atoms with E-state index in [9.17, 15) is 9.59 Å². The van der Waals surface area contributed by atoms with Gasteiger partial charge in [0.2, 0.25) is 5.91 Å². The molecule has 0 heterocycles. The maximum absolute atomic E-state index is 11.5. The van der Waals surface area contributed by atoms with Gasteiger partial charge in [0.25, 0.3) is 0 Å². The molecule has 0 spiro atoms. The molecule has 0 aliphatic heterocycles. The van der Waals surface area contributed by atoms with E-state index in [2.05, 4.69) is 5.32 Å². The van der Waals surface area contributed by atoms with Crippen LogP contribution in [0.15, 0.2) is 0 Å². The summed E-state index contributed by atoms with van der Waals surface area (Å²) in [6, 6.07) is 0. The van der Waals surface area contributed by atoms with Crippen molar-refractivity contribution in [2.24, 2.45) is 11.7 Å². The normalized spacial score (nSPS) is 18.5. The van der Waals surface area contributed by atoms with Crippen LogP contribution in [0.4, 0.5) is 0 Å². The van der Waals surface area contributed by atoms with E-state index < -0.39 is 11.5 Å². The summed E-state index contributed by atoms with van der Waals surface area (Å²) in [5, 5.41) is 11.4. The fraction of sp³-hybridized carbons (Fsp3) is 0.833. The zero-order chi connectivity index (χ0) is 12.9. The molecular weight excluding hydrogens is 220 g/mol. The number of nitrogens with one attached hydrogen (secondary N) is 1. The Bertz CT molecular complexity index is 287.